The molecular formula is C7H6Cl2N2O. The third-order valence-electron chi connectivity index (χ3n) is 1.44. The standard InChI is InChI=1S/C7H6Cl2N2O/c1-4(3-12)5-2-6(8)10-11-7(5)9/h2-4H,1H3. The Morgan fingerprint density at radius 3 is 2.75 bits per heavy atom. The summed E-state index contributed by atoms with van der Waals surface area (Å²) in [5.41, 5.74) is 0.603. The van der Waals surface area contributed by atoms with Crippen LogP contribution in [0.1, 0.15) is 18.4 Å². The molecule has 0 radical (unpaired) electrons. The first kappa shape index (κ1) is 9.42. The van der Waals surface area contributed by atoms with E-state index in [1.54, 1.807) is 6.92 Å². The number of hydrogen-bond acceptors (Lipinski definition) is 3. The van der Waals surface area contributed by atoms with Crippen molar-refractivity contribution >= 4 is 29.5 Å². The largest absolute Gasteiger partial charge is 0.303 e. The van der Waals surface area contributed by atoms with Crippen LogP contribution in [0, 0.1) is 0 Å². The third kappa shape index (κ3) is 1.93. The third-order valence-corrected chi connectivity index (χ3v) is 1.92. The fourth-order valence-corrected chi connectivity index (χ4v) is 1.18. The second kappa shape index (κ2) is 3.83. The quantitative estimate of drug-likeness (QED) is 0.694. The van der Waals surface area contributed by atoms with Crippen LogP contribution in [0.15, 0.2) is 6.07 Å². The molecule has 0 spiro atoms. The summed E-state index contributed by atoms with van der Waals surface area (Å²) in [6, 6.07) is 1.54. The molecule has 0 bridgehead atoms. The van der Waals surface area contributed by atoms with Crippen LogP contribution in [0.3, 0.4) is 0 Å². The smallest absolute Gasteiger partial charge is 0.155 e. The highest BCUT2D eigenvalue weighted by molar-refractivity contribution is 6.31. The Kier molecular flexibility index (Phi) is 3.00. The molecule has 0 N–H and O–H groups in total. The normalized spacial score (nSPS) is 12.6. The highest BCUT2D eigenvalue weighted by atomic mass is 35.5. The van der Waals surface area contributed by atoms with Gasteiger partial charge in [0, 0.05) is 11.5 Å². The predicted molar refractivity (Wildman–Crippen MR) is 46.5 cm³/mol. The van der Waals surface area contributed by atoms with Crippen LogP contribution < -0.4 is 0 Å². The maximum Gasteiger partial charge on any atom is 0.155 e. The maximum absolute atomic E-state index is 10.4. The van der Waals surface area contributed by atoms with Gasteiger partial charge in [0.1, 0.15) is 6.29 Å². The molecule has 1 aromatic rings. The molecule has 5 heteroatoms. The summed E-state index contributed by atoms with van der Waals surface area (Å²) >= 11 is 11.2. The number of nitrogens with zero attached hydrogens (tertiary/aromatic N) is 2. The van der Waals surface area contributed by atoms with Crippen molar-refractivity contribution in [3.05, 3.63) is 21.9 Å². The van der Waals surface area contributed by atoms with Gasteiger partial charge in [0.05, 0.1) is 0 Å². The van der Waals surface area contributed by atoms with Crippen LogP contribution in [0.25, 0.3) is 0 Å². The van der Waals surface area contributed by atoms with Crippen molar-refractivity contribution in [1.82, 2.24) is 10.2 Å². The molecule has 0 aliphatic carbocycles. The topological polar surface area (TPSA) is 42.9 Å². The van der Waals surface area contributed by atoms with Gasteiger partial charge in [-0.15, -0.1) is 10.2 Å². The molecule has 1 atom stereocenters. The van der Waals surface area contributed by atoms with Crippen LogP contribution in [-0.2, 0) is 4.79 Å². The minimum absolute atomic E-state index is 0.221. The predicted octanol–water partition coefficient (Wildman–Crippen LogP) is 2.09. The van der Waals surface area contributed by atoms with E-state index in [4.69, 9.17) is 23.2 Å². The van der Waals surface area contributed by atoms with Crippen molar-refractivity contribution in [2.45, 2.75) is 12.8 Å². The summed E-state index contributed by atoms with van der Waals surface area (Å²) in [5.74, 6) is -0.300. The highest BCUT2D eigenvalue weighted by Crippen LogP contribution is 2.22. The van der Waals surface area contributed by atoms with Crippen LogP contribution in [0.4, 0.5) is 0 Å². The van der Waals surface area contributed by atoms with E-state index in [0.717, 1.165) is 6.29 Å². The lowest BCUT2D eigenvalue weighted by Crippen LogP contribution is -1.98. The molecule has 0 amide bonds. The molecule has 12 heavy (non-hydrogen) atoms. The molecule has 0 fully saturated rings. The van der Waals surface area contributed by atoms with Crippen LogP contribution in [-0.4, -0.2) is 16.5 Å². The van der Waals surface area contributed by atoms with Crippen molar-refractivity contribution in [3.63, 3.8) is 0 Å². The van der Waals surface area contributed by atoms with Gasteiger partial charge in [-0.1, -0.05) is 30.1 Å². The van der Waals surface area contributed by atoms with E-state index in [1.165, 1.54) is 6.07 Å². The van der Waals surface area contributed by atoms with E-state index >= 15 is 0 Å². The van der Waals surface area contributed by atoms with Crippen molar-refractivity contribution < 1.29 is 4.79 Å². The molecule has 1 aromatic heterocycles. The van der Waals surface area contributed by atoms with Gasteiger partial charge in [0.2, 0.25) is 0 Å². The van der Waals surface area contributed by atoms with Crippen LogP contribution in [0.2, 0.25) is 10.3 Å². The molecule has 3 nitrogen and oxygen atoms in total. The second-order valence-electron chi connectivity index (χ2n) is 2.34. The first-order valence-corrected chi connectivity index (χ1v) is 4.04. The molecule has 64 valence electrons. The molecule has 0 saturated heterocycles. The Bertz CT molecular complexity index is 303. The van der Waals surface area contributed by atoms with Gasteiger partial charge in [-0.3, -0.25) is 0 Å². The summed E-state index contributed by atoms with van der Waals surface area (Å²) in [4.78, 5) is 10.4. The second-order valence-corrected chi connectivity index (χ2v) is 3.08. The molecular weight excluding hydrogens is 199 g/mol. The van der Waals surface area contributed by atoms with Gasteiger partial charge in [0.15, 0.2) is 10.3 Å². The molecule has 1 unspecified atom stereocenters. The Balaban J connectivity index is 3.12. The number of rotatable bonds is 2. The van der Waals surface area contributed by atoms with E-state index in [-0.39, 0.29) is 16.2 Å². The minimum Gasteiger partial charge on any atom is -0.303 e. The number of halogens is 2. The van der Waals surface area contributed by atoms with Crippen LogP contribution >= 0.6 is 23.2 Å². The summed E-state index contributed by atoms with van der Waals surface area (Å²) in [5, 5.41) is 7.56. The van der Waals surface area contributed by atoms with E-state index in [0.29, 0.717) is 5.56 Å². The molecule has 0 saturated carbocycles. The van der Waals surface area contributed by atoms with Crippen molar-refractivity contribution in [2.75, 3.05) is 0 Å². The first-order chi connectivity index (χ1) is 5.65. The van der Waals surface area contributed by atoms with Crippen molar-refractivity contribution in [2.24, 2.45) is 0 Å². The fourth-order valence-electron chi connectivity index (χ4n) is 0.759. The van der Waals surface area contributed by atoms with Gasteiger partial charge in [-0.05, 0) is 6.07 Å². The number of hydrogen-bond donors (Lipinski definition) is 0. The number of aromatic nitrogens is 2. The lowest BCUT2D eigenvalue weighted by molar-refractivity contribution is -0.108. The van der Waals surface area contributed by atoms with Crippen LogP contribution in [0.5, 0.6) is 0 Å². The van der Waals surface area contributed by atoms with Crippen molar-refractivity contribution in [3.8, 4) is 0 Å². The monoisotopic (exact) mass is 204 g/mol. The molecule has 1 heterocycles. The summed E-state index contributed by atoms with van der Waals surface area (Å²) < 4.78 is 0. The van der Waals surface area contributed by atoms with E-state index in [9.17, 15) is 4.79 Å². The Morgan fingerprint density at radius 2 is 2.17 bits per heavy atom. The number of carbonyl (C=O) groups is 1. The first-order valence-electron chi connectivity index (χ1n) is 3.29. The van der Waals surface area contributed by atoms with E-state index in [1.807, 2.05) is 0 Å². The lowest BCUT2D eigenvalue weighted by Gasteiger charge is -2.04. The Morgan fingerprint density at radius 1 is 1.50 bits per heavy atom. The fraction of sp³-hybridized carbons (Fsp3) is 0.286. The summed E-state index contributed by atoms with van der Waals surface area (Å²) in [6.07, 6.45) is 0.777. The Labute approximate surface area is 79.7 Å². The lowest BCUT2D eigenvalue weighted by atomic mass is 10.1. The molecule has 1 rings (SSSR count). The average Bonchev–Trinajstić information content (AvgIpc) is 2.08. The summed E-state index contributed by atoms with van der Waals surface area (Å²) in [6.45, 7) is 1.71. The maximum atomic E-state index is 10.4. The summed E-state index contributed by atoms with van der Waals surface area (Å²) in [7, 11) is 0. The Hall–Kier alpha value is -0.670. The van der Waals surface area contributed by atoms with Gasteiger partial charge >= 0.3 is 0 Å². The zero-order chi connectivity index (χ0) is 9.14. The van der Waals surface area contributed by atoms with E-state index in [2.05, 4.69) is 10.2 Å². The van der Waals surface area contributed by atoms with E-state index < -0.39 is 0 Å². The number of carbonyl (C=O) groups excluding carboxylic acids is 1. The van der Waals surface area contributed by atoms with Gasteiger partial charge in [-0.2, -0.15) is 0 Å². The van der Waals surface area contributed by atoms with Gasteiger partial charge in [-0.25, -0.2) is 0 Å². The van der Waals surface area contributed by atoms with Gasteiger partial charge in [0.25, 0.3) is 0 Å². The molecule has 0 aromatic carbocycles. The van der Waals surface area contributed by atoms with Gasteiger partial charge < -0.3 is 4.79 Å². The van der Waals surface area contributed by atoms with Crippen molar-refractivity contribution in [1.29, 1.82) is 0 Å². The zero-order valence-electron chi connectivity index (χ0n) is 6.29. The average molecular weight is 205 g/mol. The highest BCUT2D eigenvalue weighted by Gasteiger charge is 2.10. The zero-order valence-corrected chi connectivity index (χ0v) is 7.80. The minimum atomic E-state index is -0.300. The molecule has 0 aliphatic rings. The molecule has 0 aliphatic heterocycles. The number of aldehydes is 1. The SMILES string of the molecule is CC(C=O)c1cc(Cl)nnc1Cl.